The highest BCUT2D eigenvalue weighted by Crippen LogP contribution is 2.48. The van der Waals surface area contributed by atoms with E-state index in [4.69, 9.17) is 5.73 Å². The molecule has 0 unspecified atom stereocenters. The predicted octanol–water partition coefficient (Wildman–Crippen LogP) is 2.51. The quantitative estimate of drug-likeness (QED) is 0.913. The first-order valence-corrected chi connectivity index (χ1v) is 6.06. The van der Waals surface area contributed by atoms with E-state index in [1.54, 1.807) is 0 Å². The lowest BCUT2D eigenvalue weighted by Gasteiger charge is -2.18. The summed E-state index contributed by atoms with van der Waals surface area (Å²) >= 11 is 3.61. The first kappa shape index (κ1) is 11.0. The summed E-state index contributed by atoms with van der Waals surface area (Å²) in [6, 6.07) is 6.59. The summed E-state index contributed by atoms with van der Waals surface area (Å²) in [5.74, 6) is 0. The highest BCUT2D eigenvalue weighted by molar-refractivity contribution is 9.10. The van der Waals surface area contributed by atoms with E-state index < -0.39 is 0 Å². The van der Waals surface area contributed by atoms with Gasteiger partial charge in [0.15, 0.2) is 0 Å². The van der Waals surface area contributed by atoms with Crippen LogP contribution in [0.4, 0.5) is 5.69 Å². The van der Waals surface area contributed by atoms with Crippen LogP contribution in [0.15, 0.2) is 22.7 Å². The molecule has 82 valence electrons. The van der Waals surface area contributed by atoms with Crippen LogP contribution in [0.1, 0.15) is 18.4 Å². The van der Waals surface area contributed by atoms with Crippen molar-refractivity contribution in [3.05, 3.63) is 28.2 Å². The highest BCUT2D eigenvalue weighted by atomic mass is 79.9. The van der Waals surface area contributed by atoms with Gasteiger partial charge in [0.2, 0.25) is 0 Å². The molecule has 0 spiro atoms. The monoisotopic (exact) mass is 268 g/mol. The fourth-order valence-electron chi connectivity index (χ4n) is 1.96. The molecule has 1 aliphatic carbocycles. The van der Waals surface area contributed by atoms with Crippen molar-refractivity contribution in [2.75, 3.05) is 25.5 Å². The summed E-state index contributed by atoms with van der Waals surface area (Å²) in [5, 5.41) is 0. The van der Waals surface area contributed by atoms with E-state index in [0.717, 1.165) is 11.0 Å². The lowest BCUT2D eigenvalue weighted by atomic mass is 9.96. The van der Waals surface area contributed by atoms with Crippen LogP contribution in [-0.2, 0) is 5.41 Å². The molecule has 1 aliphatic rings. The minimum atomic E-state index is 0.285. The fraction of sp³-hybridized carbons (Fsp3) is 0.500. The molecule has 0 bridgehead atoms. The lowest BCUT2D eigenvalue weighted by molar-refractivity contribution is 0.704. The SMILES string of the molecule is CN(C)c1ccc(C2(CN)CC2)cc1Br. The largest absolute Gasteiger partial charge is 0.377 e. The first-order chi connectivity index (χ1) is 7.09. The molecule has 0 amide bonds. The molecule has 0 aliphatic heterocycles. The second-order valence-corrected chi connectivity index (χ2v) is 5.40. The number of anilines is 1. The zero-order chi connectivity index (χ0) is 11.1. The first-order valence-electron chi connectivity index (χ1n) is 5.26. The van der Waals surface area contributed by atoms with Crippen LogP contribution >= 0.6 is 15.9 Å². The lowest BCUT2D eigenvalue weighted by Crippen LogP contribution is -2.20. The van der Waals surface area contributed by atoms with Gasteiger partial charge < -0.3 is 10.6 Å². The van der Waals surface area contributed by atoms with Gasteiger partial charge in [-0.15, -0.1) is 0 Å². The maximum Gasteiger partial charge on any atom is 0.0505 e. The summed E-state index contributed by atoms with van der Waals surface area (Å²) in [5.41, 5.74) is 8.70. The molecule has 2 nitrogen and oxygen atoms in total. The molecule has 0 heterocycles. The highest BCUT2D eigenvalue weighted by Gasteiger charge is 2.42. The third-order valence-corrected chi connectivity index (χ3v) is 3.92. The number of nitrogens with two attached hydrogens (primary N) is 1. The van der Waals surface area contributed by atoms with E-state index in [1.165, 1.54) is 24.1 Å². The minimum absolute atomic E-state index is 0.285. The van der Waals surface area contributed by atoms with E-state index in [0.29, 0.717) is 0 Å². The van der Waals surface area contributed by atoms with E-state index in [2.05, 4.69) is 53.1 Å². The third-order valence-electron chi connectivity index (χ3n) is 3.29. The van der Waals surface area contributed by atoms with Gasteiger partial charge in [-0.2, -0.15) is 0 Å². The average molecular weight is 269 g/mol. The van der Waals surface area contributed by atoms with Crippen molar-refractivity contribution < 1.29 is 0 Å². The van der Waals surface area contributed by atoms with Crippen LogP contribution in [0.5, 0.6) is 0 Å². The Labute approximate surface area is 99.6 Å². The number of hydrogen-bond donors (Lipinski definition) is 1. The Kier molecular flexibility index (Phi) is 2.77. The van der Waals surface area contributed by atoms with Crippen molar-refractivity contribution >= 4 is 21.6 Å². The second-order valence-electron chi connectivity index (χ2n) is 4.55. The van der Waals surface area contributed by atoms with Crippen LogP contribution in [0, 0.1) is 0 Å². The molecule has 0 aromatic heterocycles. The van der Waals surface area contributed by atoms with E-state index in [1.807, 2.05) is 0 Å². The maximum atomic E-state index is 5.82. The average Bonchev–Trinajstić information content (AvgIpc) is 2.97. The summed E-state index contributed by atoms with van der Waals surface area (Å²) in [6.45, 7) is 0.765. The van der Waals surface area contributed by atoms with Crippen molar-refractivity contribution in [3.63, 3.8) is 0 Å². The van der Waals surface area contributed by atoms with Crippen LogP contribution < -0.4 is 10.6 Å². The van der Waals surface area contributed by atoms with Crippen molar-refractivity contribution in [1.82, 2.24) is 0 Å². The maximum absolute atomic E-state index is 5.82. The second kappa shape index (κ2) is 3.80. The van der Waals surface area contributed by atoms with Gasteiger partial charge in [-0.3, -0.25) is 0 Å². The standard InChI is InChI=1S/C12H17BrN2/c1-15(2)11-4-3-9(7-10(11)13)12(8-14)5-6-12/h3-4,7H,5-6,8,14H2,1-2H3. The van der Waals surface area contributed by atoms with Gasteiger partial charge in [-0.1, -0.05) is 6.07 Å². The molecule has 1 aromatic carbocycles. The molecular weight excluding hydrogens is 252 g/mol. The molecule has 0 atom stereocenters. The molecule has 15 heavy (non-hydrogen) atoms. The van der Waals surface area contributed by atoms with Gasteiger partial charge in [0.05, 0.1) is 5.69 Å². The Balaban J connectivity index is 2.34. The Morgan fingerprint density at radius 1 is 1.40 bits per heavy atom. The normalized spacial score (nSPS) is 17.6. The van der Waals surface area contributed by atoms with E-state index in [-0.39, 0.29) is 5.41 Å². The Hall–Kier alpha value is -0.540. The minimum Gasteiger partial charge on any atom is -0.377 e. The predicted molar refractivity (Wildman–Crippen MR) is 68.4 cm³/mol. The summed E-state index contributed by atoms with van der Waals surface area (Å²) < 4.78 is 1.16. The van der Waals surface area contributed by atoms with Gasteiger partial charge in [0.1, 0.15) is 0 Å². The zero-order valence-corrected chi connectivity index (χ0v) is 10.8. The topological polar surface area (TPSA) is 29.3 Å². The third kappa shape index (κ3) is 1.91. The van der Waals surface area contributed by atoms with E-state index in [9.17, 15) is 0 Å². The number of hydrogen-bond acceptors (Lipinski definition) is 2. The number of benzene rings is 1. The number of halogens is 1. The van der Waals surface area contributed by atoms with Gasteiger partial charge in [-0.05, 0) is 46.5 Å². The van der Waals surface area contributed by atoms with Gasteiger partial charge in [0, 0.05) is 30.5 Å². The van der Waals surface area contributed by atoms with Gasteiger partial charge in [0.25, 0.3) is 0 Å². The van der Waals surface area contributed by atoms with Crippen molar-refractivity contribution in [1.29, 1.82) is 0 Å². The Bertz CT molecular complexity index is 370. The smallest absolute Gasteiger partial charge is 0.0505 e. The summed E-state index contributed by atoms with van der Waals surface area (Å²) in [4.78, 5) is 2.11. The van der Waals surface area contributed by atoms with Gasteiger partial charge in [-0.25, -0.2) is 0 Å². The summed E-state index contributed by atoms with van der Waals surface area (Å²) in [7, 11) is 4.10. The van der Waals surface area contributed by atoms with Gasteiger partial charge >= 0.3 is 0 Å². The molecule has 2 N–H and O–H groups in total. The summed E-state index contributed by atoms with van der Waals surface area (Å²) in [6.07, 6.45) is 2.47. The van der Waals surface area contributed by atoms with Crippen LogP contribution in [0.25, 0.3) is 0 Å². The van der Waals surface area contributed by atoms with Crippen molar-refractivity contribution in [2.45, 2.75) is 18.3 Å². The molecular formula is C12H17BrN2. The number of nitrogens with zero attached hydrogens (tertiary/aromatic N) is 1. The molecule has 1 aromatic rings. The van der Waals surface area contributed by atoms with Crippen LogP contribution in [-0.4, -0.2) is 20.6 Å². The van der Waals surface area contributed by atoms with Crippen molar-refractivity contribution in [3.8, 4) is 0 Å². The Morgan fingerprint density at radius 3 is 2.47 bits per heavy atom. The molecule has 3 heteroatoms. The van der Waals surface area contributed by atoms with Crippen LogP contribution in [0.3, 0.4) is 0 Å². The molecule has 1 fully saturated rings. The van der Waals surface area contributed by atoms with E-state index >= 15 is 0 Å². The Morgan fingerprint density at radius 2 is 2.07 bits per heavy atom. The number of rotatable bonds is 3. The molecule has 0 saturated heterocycles. The molecule has 0 radical (unpaired) electrons. The van der Waals surface area contributed by atoms with Crippen LogP contribution in [0.2, 0.25) is 0 Å². The van der Waals surface area contributed by atoms with Crippen molar-refractivity contribution in [2.24, 2.45) is 5.73 Å². The fourth-order valence-corrected chi connectivity index (χ4v) is 2.69. The zero-order valence-electron chi connectivity index (χ0n) is 9.26. The molecule has 1 saturated carbocycles. The molecule has 2 rings (SSSR count).